The smallest absolute Gasteiger partial charge is 0.223 e. The molecule has 2 aliphatic heterocycles. The quantitative estimate of drug-likeness (QED) is 0.710. The van der Waals surface area contributed by atoms with Gasteiger partial charge in [0.15, 0.2) is 0 Å². The minimum Gasteiger partial charge on any atom is -0.388 e. The van der Waals surface area contributed by atoms with E-state index in [9.17, 15) is 9.90 Å². The largest absolute Gasteiger partial charge is 0.388 e. The molecule has 7 heteroatoms. The van der Waals surface area contributed by atoms with Crippen molar-refractivity contribution in [2.45, 2.75) is 75.8 Å². The van der Waals surface area contributed by atoms with Crippen molar-refractivity contribution in [3.05, 3.63) is 30.6 Å². The second-order valence-corrected chi connectivity index (χ2v) is 9.24. The van der Waals surface area contributed by atoms with Crippen LogP contribution in [-0.4, -0.2) is 62.6 Å². The van der Waals surface area contributed by atoms with E-state index < -0.39 is 17.2 Å². The van der Waals surface area contributed by atoms with Crippen LogP contribution in [0.4, 0.5) is 0 Å². The maximum atomic E-state index is 12.5. The predicted octanol–water partition coefficient (Wildman–Crippen LogP) is 1.86. The van der Waals surface area contributed by atoms with Gasteiger partial charge in [0.1, 0.15) is 6.10 Å². The Morgan fingerprint density at radius 3 is 2.83 bits per heavy atom. The van der Waals surface area contributed by atoms with Gasteiger partial charge in [0.2, 0.25) is 5.91 Å². The number of piperidine rings is 1. The van der Waals surface area contributed by atoms with Crippen molar-refractivity contribution in [1.82, 2.24) is 20.0 Å². The van der Waals surface area contributed by atoms with E-state index in [0.29, 0.717) is 19.6 Å². The number of hydrogen-bond donors (Lipinski definition) is 2. The van der Waals surface area contributed by atoms with Gasteiger partial charge in [-0.1, -0.05) is 12.5 Å². The number of carbonyl (C=O) groups is 1. The van der Waals surface area contributed by atoms with Gasteiger partial charge in [0.25, 0.3) is 0 Å². The number of aromatic nitrogens is 2. The van der Waals surface area contributed by atoms with Crippen LogP contribution in [0.2, 0.25) is 0 Å². The number of amides is 1. The third-order valence-electron chi connectivity index (χ3n) is 7.11. The lowest BCUT2D eigenvalue weighted by atomic mass is 9.72. The standard InChI is InChI=1S/C22H34N4O3/c1-3-10-26-16-17(14-23-26)15-25-11-7-22(8-12-25)20(28)21(2,9-13-29-22)24-19(27)18-5-4-6-18/h3,14,16,18,20,28H,1,4-13,15H2,2H3,(H,24,27)/t20-,21+/m1/s1. The van der Waals surface area contributed by atoms with Crippen molar-refractivity contribution in [1.29, 1.82) is 0 Å². The summed E-state index contributed by atoms with van der Waals surface area (Å²) in [6.45, 7) is 9.59. The molecule has 4 rings (SSSR count). The first kappa shape index (κ1) is 20.6. The van der Waals surface area contributed by atoms with Gasteiger partial charge in [-0.05, 0) is 39.0 Å². The van der Waals surface area contributed by atoms with E-state index in [2.05, 4.69) is 28.1 Å². The summed E-state index contributed by atoms with van der Waals surface area (Å²) in [6.07, 6.45) is 10.4. The lowest BCUT2D eigenvalue weighted by Gasteiger charge is -2.54. The van der Waals surface area contributed by atoms with Gasteiger partial charge in [0.05, 0.1) is 23.9 Å². The molecule has 1 amide bonds. The van der Waals surface area contributed by atoms with Crippen molar-refractivity contribution in [3.63, 3.8) is 0 Å². The van der Waals surface area contributed by atoms with Gasteiger partial charge in [-0.15, -0.1) is 6.58 Å². The van der Waals surface area contributed by atoms with E-state index in [1.54, 1.807) is 0 Å². The molecule has 1 aromatic heterocycles. The third-order valence-corrected chi connectivity index (χ3v) is 7.11. The van der Waals surface area contributed by atoms with E-state index in [1.807, 2.05) is 23.9 Å². The predicted molar refractivity (Wildman–Crippen MR) is 110 cm³/mol. The summed E-state index contributed by atoms with van der Waals surface area (Å²) >= 11 is 0. The molecule has 1 aliphatic carbocycles. The van der Waals surface area contributed by atoms with Crippen molar-refractivity contribution in [2.75, 3.05) is 19.7 Å². The number of hydrogen-bond acceptors (Lipinski definition) is 5. The normalized spacial score (nSPS) is 30.1. The van der Waals surface area contributed by atoms with Gasteiger partial charge < -0.3 is 15.2 Å². The van der Waals surface area contributed by atoms with E-state index >= 15 is 0 Å². The molecule has 0 unspecified atom stereocenters. The fourth-order valence-corrected chi connectivity index (χ4v) is 4.93. The highest BCUT2D eigenvalue weighted by Gasteiger charge is 2.54. The zero-order chi connectivity index (χ0) is 20.5. The first-order valence-corrected chi connectivity index (χ1v) is 10.9. The van der Waals surface area contributed by atoms with Crippen LogP contribution in [0.25, 0.3) is 0 Å². The fraction of sp³-hybridized carbons (Fsp3) is 0.727. The summed E-state index contributed by atoms with van der Waals surface area (Å²) in [5.74, 6) is 0.227. The lowest BCUT2D eigenvalue weighted by Crippen LogP contribution is -2.69. The number of allylic oxidation sites excluding steroid dienone is 1. The molecule has 1 aromatic rings. The molecule has 29 heavy (non-hydrogen) atoms. The number of likely N-dealkylation sites (tertiary alicyclic amines) is 1. The van der Waals surface area contributed by atoms with Gasteiger partial charge in [-0.2, -0.15) is 5.10 Å². The van der Waals surface area contributed by atoms with Crippen LogP contribution in [0.5, 0.6) is 0 Å². The number of aliphatic hydroxyl groups excluding tert-OH is 1. The minimum atomic E-state index is -0.690. The second-order valence-electron chi connectivity index (χ2n) is 9.24. The van der Waals surface area contributed by atoms with E-state index in [1.165, 1.54) is 5.56 Å². The first-order chi connectivity index (χ1) is 13.9. The first-order valence-electron chi connectivity index (χ1n) is 10.9. The van der Waals surface area contributed by atoms with Crippen LogP contribution >= 0.6 is 0 Å². The molecule has 1 saturated carbocycles. The Balaban J connectivity index is 1.35. The highest BCUT2D eigenvalue weighted by atomic mass is 16.5. The molecule has 2 saturated heterocycles. The summed E-state index contributed by atoms with van der Waals surface area (Å²) in [7, 11) is 0. The van der Waals surface area contributed by atoms with Crippen LogP contribution in [0, 0.1) is 5.92 Å². The fourth-order valence-electron chi connectivity index (χ4n) is 4.93. The van der Waals surface area contributed by atoms with E-state index in [-0.39, 0.29) is 11.8 Å². The lowest BCUT2D eigenvalue weighted by molar-refractivity contribution is -0.208. The summed E-state index contributed by atoms with van der Waals surface area (Å²) in [6, 6.07) is 0. The minimum absolute atomic E-state index is 0.101. The molecule has 3 fully saturated rings. The number of ether oxygens (including phenoxy) is 1. The molecule has 0 aromatic carbocycles. The Morgan fingerprint density at radius 2 is 2.17 bits per heavy atom. The topological polar surface area (TPSA) is 79.6 Å². The molecule has 3 heterocycles. The molecule has 7 nitrogen and oxygen atoms in total. The van der Waals surface area contributed by atoms with Gasteiger partial charge in [-0.3, -0.25) is 14.4 Å². The third kappa shape index (κ3) is 4.13. The molecule has 1 spiro atoms. The van der Waals surface area contributed by atoms with Crippen LogP contribution in [0.1, 0.15) is 51.0 Å². The molecular formula is C22H34N4O3. The van der Waals surface area contributed by atoms with Crippen LogP contribution in [0.15, 0.2) is 25.0 Å². The molecule has 2 N–H and O–H groups in total. The van der Waals surface area contributed by atoms with Gasteiger partial charge in [-0.25, -0.2) is 0 Å². The number of aliphatic hydroxyl groups is 1. The Morgan fingerprint density at radius 1 is 1.41 bits per heavy atom. The number of nitrogens with one attached hydrogen (secondary N) is 1. The van der Waals surface area contributed by atoms with Gasteiger partial charge >= 0.3 is 0 Å². The Kier molecular flexibility index (Phi) is 5.82. The Bertz CT molecular complexity index is 736. The highest BCUT2D eigenvalue weighted by molar-refractivity contribution is 5.80. The Labute approximate surface area is 173 Å². The Hall–Kier alpha value is -1.70. The summed E-state index contributed by atoms with van der Waals surface area (Å²) in [5, 5.41) is 18.8. The van der Waals surface area contributed by atoms with Crippen LogP contribution in [-0.2, 0) is 22.6 Å². The van der Waals surface area contributed by atoms with Crippen molar-refractivity contribution >= 4 is 5.91 Å². The molecule has 160 valence electrons. The van der Waals surface area contributed by atoms with Crippen LogP contribution in [0.3, 0.4) is 0 Å². The monoisotopic (exact) mass is 402 g/mol. The van der Waals surface area contributed by atoms with Crippen molar-refractivity contribution in [2.24, 2.45) is 5.92 Å². The summed E-state index contributed by atoms with van der Waals surface area (Å²) < 4.78 is 8.06. The number of nitrogens with zero attached hydrogens (tertiary/aromatic N) is 3. The van der Waals surface area contributed by atoms with Crippen molar-refractivity contribution < 1.29 is 14.6 Å². The average Bonchev–Trinajstić information content (AvgIpc) is 3.07. The maximum Gasteiger partial charge on any atom is 0.223 e. The van der Waals surface area contributed by atoms with Crippen molar-refractivity contribution in [3.8, 4) is 0 Å². The summed E-state index contributed by atoms with van der Waals surface area (Å²) in [5.41, 5.74) is 0.00742. The van der Waals surface area contributed by atoms with Crippen LogP contribution < -0.4 is 5.32 Å². The van der Waals surface area contributed by atoms with Gasteiger partial charge in [0, 0.05) is 43.9 Å². The number of carbonyl (C=O) groups excluding carboxylic acids is 1. The molecule has 2 atom stereocenters. The maximum absolute atomic E-state index is 12.5. The highest BCUT2D eigenvalue weighted by Crippen LogP contribution is 2.40. The molecule has 0 bridgehead atoms. The van der Waals surface area contributed by atoms with E-state index in [0.717, 1.165) is 51.7 Å². The van der Waals surface area contributed by atoms with E-state index in [4.69, 9.17) is 4.74 Å². The zero-order valence-electron chi connectivity index (χ0n) is 17.5. The zero-order valence-corrected chi connectivity index (χ0v) is 17.5. The SMILES string of the molecule is C=CCn1cc(CN2CCC3(CC2)OCC[C@](C)(NC(=O)C2CCC2)[C@H]3O)cn1. The average molecular weight is 403 g/mol. The number of rotatable bonds is 6. The summed E-state index contributed by atoms with van der Waals surface area (Å²) in [4.78, 5) is 14.9. The molecule has 3 aliphatic rings. The molecular weight excluding hydrogens is 368 g/mol. The molecule has 0 radical (unpaired) electrons. The second kappa shape index (κ2) is 8.20.